The number of carbonyl (C=O) groups excluding carboxylic acids is 4. The second-order valence-electron chi connectivity index (χ2n) is 10.6. The lowest BCUT2D eigenvalue weighted by Crippen LogP contribution is -2.73. The molecule has 3 heterocycles. The van der Waals surface area contributed by atoms with E-state index in [9.17, 15) is 24.3 Å². The highest BCUT2D eigenvalue weighted by atomic mass is 32.2. The van der Waals surface area contributed by atoms with Crippen LogP contribution in [-0.4, -0.2) is 79.1 Å². The number of aliphatic hydroxyl groups is 1. The number of aliphatic hydroxyl groups excluding tert-OH is 1. The largest absolute Gasteiger partial charge is 0.423 e. The molecule has 0 saturated carbocycles. The van der Waals surface area contributed by atoms with Crippen LogP contribution in [0.25, 0.3) is 0 Å². The van der Waals surface area contributed by atoms with Crippen LogP contribution in [0.15, 0.2) is 85.7 Å². The molecule has 5 rings (SSSR count). The van der Waals surface area contributed by atoms with Crippen LogP contribution in [0.3, 0.4) is 0 Å². The number of thioether (sulfide) groups is 1. The molecule has 11 heteroatoms. The molecule has 2 aromatic carbocycles. The van der Waals surface area contributed by atoms with Crippen LogP contribution < -0.4 is 10.1 Å². The highest BCUT2D eigenvalue weighted by Crippen LogP contribution is 2.50. The van der Waals surface area contributed by atoms with E-state index in [-0.39, 0.29) is 35.1 Å². The van der Waals surface area contributed by atoms with Gasteiger partial charge in [0, 0.05) is 30.1 Å². The maximum absolute atomic E-state index is 13.7. The van der Waals surface area contributed by atoms with Crippen LogP contribution in [0, 0.1) is 6.92 Å². The third-order valence-corrected chi connectivity index (χ3v) is 9.26. The van der Waals surface area contributed by atoms with Gasteiger partial charge in [-0.25, -0.2) is 4.79 Å². The first-order valence-corrected chi connectivity index (χ1v) is 14.8. The average molecular weight is 601 g/mol. The molecule has 10 nitrogen and oxygen atoms in total. The molecule has 2 aliphatic heterocycles. The minimum atomic E-state index is -1.62. The summed E-state index contributed by atoms with van der Waals surface area (Å²) in [6.07, 6.45) is 3.10. The summed E-state index contributed by atoms with van der Waals surface area (Å²) in [6.45, 7) is 7.62. The zero-order valence-electron chi connectivity index (χ0n) is 23.8. The maximum Gasteiger partial charge on any atom is 0.345 e. The van der Waals surface area contributed by atoms with Crippen molar-refractivity contribution in [3.05, 3.63) is 108 Å². The van der Waals surface area contributed by atoms with Crippen molar-refractivity contribution in [1.82, 2.24) is 20.1 Å². The van der Waals surface area contributed by atoms with E-state index in [0.717, 1.165) is 5.56 Å². The Balaban J connectivity index is 1.36. The van der Waals surface area contributed by atoms with E-state index in [0.29, 0.717) is 12.1 Å². The predicted octanol–water partition coefficient (Wildman–Crippen LogP) is 2.96. The van der Waals surface area contributed by atoms with Gasteiger partial charge in [-0.1, -0.05) is 42.5 Å². The smallest absolute Gasteiger partial charge is 0.345 e. The number of fused-ring (bicyclic) bond motifs is 1. The van der Waals surface area contributed by atoms with Crippen LogP contribution in [-0.2, 0) is 16.0 Å². The number of nitrogens with one attached hydrogen (secondary N) is 1. The van der Waals surface area contributed by atoms with E-state index < -0.39 is 40.8 Å². The molecule has 1 aromatic heterocycles. The molecule has 0 radical (unpaired) electrons. The number of benzene rings is 2. The third kappa shape index (κ3) is 5.78. The number of nitrogens with zero attached hydrogens (tertiary/aromatic N) is 3. The number of esters is 1. The number of β-lactam (4-membered cyclic amide) rings is 1. The van der Waals surface area contributed by atoms with Crippen LogP contribution in [0.5, 0.6) is 5.75 Å². The van der Waals surface area contributed by atoms with Crippen molar-refractivity contribution in [2.75, 3.05) is 12.4 Å². The monoisotopic (exact) mass is 600 g/mol. The summed E-state index contributed by atoms with van der Waals surface area (Å²) in [7, 11) is 0. The summed E-state index contributed by atoms with van der Waals surface area (Å²) in [5.74, 6) is -1.59. The highest BCUT2D eigenvalue weighted by Gasteiger charge is 2.65. The van der Waals surface area contributed by atoms with Gasteiger partial charge in [0.2, 0.25) is 5.91 Å². The molecule has 1 unspecified atom stereocenters. The Morgan fingerprint density at radius 2 is 1.95 bits per heavy atom. The summed E-state index contributed by atoms with van der Waals surface area (Å²) in [4.78, 5) is 59.2. The van der Waals surface area contributed by atoms with Gasteiger partial charge >= 0.3 is 5.97 Å². The lowest BCUT2D eigenvalue weighted by atomic mass is 9.93. The molecule has 222 valence electrons. The number of hydrogen-bond acceptors (Lipinski definition) is 8. The van der Waals surface area contributed by atoms with Crippen molar-refractivity contribution in [1.29, 1.82) is 0 Å². The molecule has 2 fully saturated rings. The number of carbonyl (C=O) groups is 4. The Hall–Kier alpha value is -4.48. The number of likely N-dealkylation sites (tertiary alicyclic amines) is 1. The van der Waals surface area contributed by atoms with Gasteiger partial charge in [-0.05, 0) is 50.1 Å². The van der Waals surface area contributed by atoms with Gasteiger partial charge in [0.1, 0.15) is 16.7 Å². The number of hydrogen-bond donors (Lipinski definition) is 2. The molecule has 2 aliphatic rings. The Kier molecular flexibility index (Phi) is 8.65. The number of amides is 3. The van der Waals surface area contributed by atoms with Gasteiger partial charge in [-0.3, -0.25) is 19.4 Å². The van der Waals surface area contributed by atoms with E-state index in [1.807, 2.05) is 37.3 Å². The second-order valence-corrected chi connectivity index (χ2v) is 11.9. The van der Waals surface area contributed by atoms with E-state index in [1.54, 1.807) is 54.4 Å². The fourth-order valence-electron chi connectivity index (χ4n) is 5.43. The molecular weight excluding hydrogens is 568 g/mol. The van der Waals surface area contributed by atoms with Gasteiger partial charge in [0.15, 0.2) is 6.10 Å². The van der Waals surface area contributed by atoms with Crippen LogP contribution in [0.1, 0.15) is 38.8 Å². The fraction of sp³-hybridized carbons (Fsp3) is 0.281. The quantitative estimate of drug-likeness (QED) is 0.157. The van der Waals surface area contributed by atoms with Gasteiger partial charge in [0.05, 0.1) is 17.5 Å². The van der Waals surface area contributed by atoms with Gasteiger partial charge in [-0.2, -0.15) is 0 Å². The van der Waals surface area contributed by atoms with E-state index in [2.05, 4.69) is 16.9 Å². The summed E-state index contributed by atoms with van der Waals surface area (Å²) < 4.78 is 5.54. The van der Waals surface area contributed by atoms with E-state index in [4.69, 9.17) is 4.74 Å². The van der Waals surface area contributed by atoms with Gasteiger partial charge in [0.25, 0.3) is 11.8 Å². The first-order valence-electron chi connectivity index (χ1n) is 13.8. The minimum absolute atomic E-state index is 0.160. The van der Waals surface area contributed by atoms with Gasteiger partial charge < -0.3 is 25.0 Å². The van der Waals surface area contributed by atoms with Crippen LogP contribution in [0.4, 0.5) is 0 Å². The number of ether oxygens (including phenoxy) is 1. The summed E-state index contributed by atoms with van der Waals surface area (Å²) in [5, 5.41) is 14.2. The van der Waals surface area contributed by atoms with Crippen molar-refractivity contribution in [3.63, 3.8) is 0 Å². The van der Waals surface area contributed by atoms with Crippen molar-refractivity contribution >= 4 is 35.5 Å². The molecule has 4 atom stereocenters. The molecule has 2 saturated heterocycles. The Morgan fingerprint density at radius 3 is 2.65 bits per heavy atom. The Morgan fingerprint density at radius 1 is 1.19 bits per heavy atom. The molecule has 0 spiro atoms. The minimum Gasteiger partial charge on any atom is -0.423 e. The van der Waals surface area contributed by atoms with E-state index >= 15 is 0 Å². The lowest BCUT2D eigenvalue weighted by molar-refractivity contribution is -0.166. The molecule has 0 bridgehead atoms. The predicted molar refractivity (Wildman–Crippen MR) is 161 cm³/mol. The van der Waals surface area contributed by atoms with Crippen molar-refractivity contribution in [2.24, 2.45) is 0 Å². The van der Waals surface area contributed by atoms with Crippen LogP contribution >= 0.6 is 11.8 Å². The summed E-state index contributed by atoms with van der Waals surface area (Å²) in [5.41, 5.74) is 1.68. The lowest BCUT2D eigenvalue weighted by Gasteiger charge is -2.52. The maximum atomic E-state index is 13.7. The molecule has 0 aliphatic carbocycles. The van der Waals surface area contributed by atoms with Crippen molar-refractivity contribution < 1.29 is 29.0 Å². The molecular formula is C32H32N4O6S. The third-order valence-electron chi connectivity index (χ3n) is 7.82. The normalized spacial score (nSPS) is 20.4. The number of rotatable bonds is 10. The first kappa shape index (κ1) is 30.0. The second kappa shape index (κ2) is 12.4. The Labute approximate surface area is 253 Å². The van der Waals surface area contributed by atoms with Gasteiger partial charge in [-0.15, -0.1) is 18.3 Å². The van der Waals surface area contributed by atoms with E-state index in [1.165, 1.54) is 22.9 Å². The number of pyridine rings is 1. The highest BCUT2D eigenvalue weighted by molar-refractivity contribution is 8.01. The molecule has 3 amide bonds. The SMILES string of the molecule is C=CCN1C(=O)[C@H]2N(C(=O)[C@@H](O)[C@H](Cc3ccccc3)NC(=O)c3cccc(OC(=O)c4cccnc4)c3C)CSC21C. The standard InChI is InChI=1S/C32H32N4O6S/c1-4-16-36-30(40)27-32(36,3)43-19-35(27)29(39)26(37)24(17-21-10-6-5-7-11-21)34-28(38)23-13-8-14-25(20(23)2)42-31(41)22-12-9-15-33-18-22/h4-15,18,24,26-27,37H,1,16-17,19H2,2-3H3,(H,34,38)/t24-,26-,27+,32?/m0/s1. The summed E-state index contributed by atoms with van der Waals surface area (Å²) in [6, 6.07) is 15.4. The van der Waals surface area contributed by atoms with Crippen molar-refractivity contribution in [3.8, 4) is 5.75 Å². The average Bonchev–Trinajstić information content (AvgIpc) is 3.34. The zero-order valence-corrected chi connectivity index (χ0v) is 24.6. The van der Waals surface area contributed by atoms with Crippen molar-refractivity contribution in [2.45, 2.75) is 43.3 Å². The molecule has 3 aromatic rings. The zero-order chi connectivity index (χ0) is 30.7. The summed E-state index contributed by atoms with van der Waals surface area (Å²) >= 11 is 1.45. The Bertz CT molecular complexity index is 1550. The molecule has 2 N–H and O–H groups in total. The fourth-order valence-corrected chi connectivity index (χ4v) is 6.82. The first-order chi connectivity index (χ1) is 20.7. The molecule has 43 heavy (non-hydrogen) atoms. The topological polar surface area (TPSA) is 129 Å². The van der Waals surface area contributed by atoms with Crippen LogP contribution in [0.2, 0.25) is 0 Å². The number of aromatic nitrogens is 1.